The minimum absolute atomic E-state index is 0.233. The second kappa shape index (κ2) is 7.10. The molecule has 0 saturated carbocycles. The van der Waals surface area contributed by atoms with E-state index in [2.05, 4.69) is 6.58 Å². The topological polar surface area (TPSA) is 31.2 Å². The standard InChI is InChI=1S/C23H22F3NO2/c1-14(23(24,25)26)20-19(15-10-12-16(29-5)13-11-15)17-8-6-7-9-18(17)27(20)21(28)22(2,3)4/h6-13H,1H2,2-5H3. The Morgan fingerprint density at radius 3 is 2.10 bits per heavy atom. The van der Waals surface area contributed by atoms with Crippen molar-refractivity contribution in [3.8, 4) is 16.9 Å². The van der Waals surface area contributed by atoms with Gasteiger partial charge in [-0.1, -0.05) is 57.7 Å². The van der Waals surface area contributed by atoms with Crippen LogP contribution in [0.15, 0.2) is 55.1 Å². The van der Waals surface area contributed by atoms with E-state index in [1.165, 1.54) is 7.11 Å². The maximum Gasteiger partial charge on any atom is 0.417 e. The average Bonchev–Trinajstić information content (AvgIpc) is 3.00. The van der Waals surface area contributed by atoms with Crippen molar-refractivity contribution < 1.29 is 22.7 Å². The van der Waals surface area contributed by atoms with E-state index < -0.39 is 23.1 Å². The van der Waals surface area contributed by atoms with Crippen LogP contribution in [0.1, 0.15) is 31.3 Å². The van der Waals surface area contributed by atoms with Gasteiger partial charge in [-0.15, -0.1) is 0 Å². The zero-order chi connectivity index (χ0) is 21.6. The highest BCUT2D eigenvalue weighted by molar-refractivity contribution is 6.08. The molecule has 0 unspecified atom stereocenters. The third-order valence-corrected chi connectivity index (χ3v) is 4.73. The minimum Gasteiger partial charge on any atom is -0.497 e. The van der Waals surface area contributed by atoms with Crippen LogP contribution in [0, 0.1) is 5.41 Å². The van der Waals surface area contributed by atoms with E-state index in [0.29, 0.717) is 27.8 Å². The molecule has 3 rings (SSSR count). The number of carbonyl (C=O) groups excluding carboxylic acids is 1. The lowest BCUT2D eigenvalue weighted by atomic mass is 9.94. The van der Waals surface area contributed by atoms with Gasteiger partial charge in [-0.25, -0.2) is 0 Å². The predicted octanol–water partition coefficient (Wildman–Crippen LogP) is 6.58. The number of nitrogens with zero attached hydrogens (tertiary/aromatic N) is 1. The van der Waals surface area contributed by atoms with Crippen LogP contribution in [0.3, 0.4) is 0 Å². The van der Waals surface area contributed by atoms with Gasteiger partial charge in [-0.2, -0.15) is 13.2 Å². The second-order valence-corrected chi connectivity index (χ2v) is 7.84. The SMILES string of the molecule is C=C(c1c(-c2ccc(OC)cc2)c2ccccc2n1C(=O)C(C)(C)C)C(F)(F)F. The number of hydrogen-bond acceptors (Lipinski definition) is 2. The summed E-state index contributed by atoms with van der Waals surface area (Å²) < 4.78 is 47.6. The number of alkyl halides is 3. The van der Waals surface area contributed by atoms with Crippen LogP contribution in [-0.4, -0.2) is 23.8 Å². The Hall–Kier alpha value is -3.02. The summed E-state index contributed by atoms with van der Waals surface area (Å²) in [6, 6.07) is 13.5. The van der Waals surface area contributed by atoms with Gasteiger partial charge in [0.25, 0.3) is 0 Å². The summed E-state index contributed by atoms with van der Waals surface area (Å²) in [6.07, 6.45) is -4.69. The molecule has 6 heteroatoms. The lowest BCUT2D eigenvalue weighted by molar-refractivity contribution is -0.0689. The number of benzene rings is 2. The molecule has 0 saturated heterocycles. The maximum atomic E-state index is 13.8. The summed E-state index contributed by atoms with van der Waals surface area (Å²) in [7, 11) is 1.51. The van der Waals surface area contributed by atoms with Crippen LogP contribution >= 0.6 is 0 Å². The van der Waals surface area contributed by atoms with E-state index in [-0.39, 0.29) is 5.69 Å². The first-order valence-electron chi connectivity index (χ1n) is 9.06. The van der Waals surface area contributed by atoms with Gasteiger partial charge in [0.2, 0.25) is 5.91 Å². The molecular weight excluding hydrogens is 379 g/mol. The number of aromatic nitrogens is 1. The number of allylic oxidation sites excluding steroid dienone is 1. The van der Waals surface area contributed by atoms with Gasteiger partial charge in [0.05, 0.1) is 23.9 Å². The molecule has 0 radical (unpaired) electrons. The number of rotatable bonds is 3. The molecular formula is C23H22F3NO2. The fourth-order valence-electron chi connectivity index (χ4n) is 3.26. The molecule has 0 spiro atoms. The van der Waals surface area contributed by atoms with E-state index >= 15 is 0 Å². The fraction of sp³-hybridized carbons (Fsp3) is 0.261. The Morgan fingerprint density at radius 2 is 1.59 bits per heavy atom. The third-order valence-electron chi connectivity index (χ3n) is 4.73. The van der Waals surface area contributed by atoms with Gasteiger partial charge < -0.3 is 4.74 Å². The Kier molecular flexibility index (Phi) is 5.07. The molecule has 0 amide bonds. The summed E-state index contributed by atoms with van der Waals surface area (Å²) in [5.74, 6) is 0.147. The number of carbonyl (C=O) groups is 1. The molecule has 0 aliphatic carbocycles. The van der Waals surface area contributed by atoms with Gasteiger partial charge in [0.1, 0.15) is 5.75 Å². The van der Waals surface area contributed by atoms with Crippen molar-refractivity contribution >= 4 is 22.4 Å². The largest absolute Gasteiger partial charge is 0.497 e. The highest BCUT2D eigenvalue weighted by atomic mass is 19.4. The third kappa shape index (κ3) is 3.67. The first-order chi connectivity index (χ1) is 13.5. The molecule has 3 aromatic rings. The Morgan fingerprint density at radius 1 is 1.00 bits per heavy atom. The van der Waals surface area contributed by atoms with E-state index in [1.54, 1.807) is 69.3 Å². The van der Waals surface area contributed by atoms with Crippen LogP contribution in [0.5, 0.6) is 5.75 Å². The molecule has 0 aliphatic heterocycles. The number of halogens is 3. The van der Waals surface area contributed by atoms with Crippen molar-refractivity contribution in [2.45, 2.75) is 26.9 Å². The highest BCUT2D eigenvalue weighted by Crippen LogP contribution is 2.44. The second-order valence-electron chi connectivity index (χ2n) is 7.84. The van der Waals surface area contributed by atoms with E-state index in [4.69, 9.17) is 4.74 Å². The number of para-hydroxylation sites is 1. The van der Waals surface area contributed by atoms with Crippen LogP contribution in [-0.2, 0) is 0 Å². The lowest BCUT2D eigenvalue weighted by Crippen LogP contribution is -2.29. The molecule has 1 heterocycles. The average molecular weight is 401 g/mol. The molecule has 0 atom stereocenters. The normalized spacial score (nSPS) is 12.2. The monoisotopic (exact) mass is 401 g/mol. The maximum absolute atomic E-state index is 13.8. The van der Waals surface area contributed by atoms with Crippen LogP contribution in [0.4, 0.5) is 13.2 Å². The number of ether oxygens (including phenoxy) is 1. The van der Waals surface area contributed by atoms with E-state index in [1.807, 2.05) is 0 Å². The summed E-state index contributed by atoms with van der Waals surface area (Å²) in [4.78, 5) is 13.2. The molecule has 152 valence electrons. The quantitative estimate of drug-likeness (QED) is 0.496. The van der Waals surface area contributed by atoms with E-state index in [9.17, 15) is 18.0 Å². The molecule has 0 aliphatic rings. The van der Waals surface area contributed by atoms with Crippen molar-refractivity contribution in [3.63, 3.8) is 0 Å². The number of methoxy groups -OCH3 is 1. The first-order valence-corrected chi connectivity index (χ1v) is 9.06. The summed E-state index contributed by atoms with van der Waals surface area (Å²) in [5, 5.41) is 0.552. The Balaban J connectivity index is 2.46. The molecule has 0 bridgehead atoms. The summed E-state index contributed by atoms with van der Waals surface area (Å²) in [5.41, 5.74) is -0.898. The van der Waals surface area contributed by atoms with Crippen LogP contribution in [0.25, 0.3) is 27.6 Å². The Labute approximate surface area is 167 Å². The molecule has 1 aromatic heterocycles. The van der Waals surface area contributed by atoms with Gasteiger partial charge in [-0.3, -0.25) is 9.36 Å². The van der Waals surface area contributed by atoms with Crippen molar-refractivity contribution in [2.75, 3.05) is 7.11 Å². The smallest absolute Gasteiger partial charge is 0.417 e. The first kappa shape index (κ1) is 20.7. The Bertz CT molecular complexity index is 1080. The van der Waals surface area contributed by atoms with Crippen molar-refractivity contribution in [2.24, 2.45) is 5.41 Å². The fourth-order valence-corrected chi connectivity index (χ4v) is 3.26. The zero-order valence-corrected chi connectivity index (χ0v) is 16.7. The van der Waals surface area contributed by atoms with Gasteiger partial charge in [-0.05, 0) is 23.8 Å². The lowest BCUT2D eigenvalue weighted by Gasteiger charge is -2.22. The number of hydrogen-bond donors (Lipinski definition) is 0. The predicted molar refractivity (Wildman–Crippen MR) is 109 cm³/mol. The van der Waals surface area contributed by atoms with Crippen LogP contribution < -0.4 is 4.74 Å². The highest BCUT2D eigenvalue weighted by Gasteiger charge is 2.39. The van der Waals surface area contributed by atoms with Crippen molar-refractivity contribution in [1.29, 1.82) is 0 Å². The van der Waals surface area contributed by atoms with Gasteiger partial charge >= 0.3 is 6.18 Å². The summed E-state index contributed by atoms with van der Waals surface area (Å²) >= 11 is 0. The van der Waals surface area contributed by atoms with E-state index in [0.717, 1.165) is 4.57 Å². The minimum atomic E-state index is -4.69. The zero-order valence-electron chi connectivity index (χ0n) is 16.7. The molecule has 0 N–H and O–H groups in total. The van der Waals surface area contributed by atoms with Crippen molar-refractivity contribution in [3.05, 3.63) is 60.8 Å². The van der Waals surface area contributed by atoms with Gasteiger partial charge in [0, 0.05) is 16.4 Å². The summed E-state index contributed by atoms with van der Waals surface area (Å²) in [6.45, 7) is 8.35. The molecule has 29 heavy (non-hydrogen) atoms. The molecule has 3 nitrogen and oxygen atoms in total. The number of fused-ring (bicyclic) bond motifs is 1. The molecule has 0 fully saturated rings. The van der Waals surface area contributed by atoms with Gasteiger partial charge in [0.15, 0.2) is 0 Å². The van der Waals surface area contributed by atoms with Crippen molar-refractivity contribution in [1.82, 2.24) is 4.57 Å². The molecule has 2 aromatic carbocycles. The van der Waals surface area contributed by atoms with Crippen LogP contribution in [0.2, 0.25) is 0 Å².